The van der Waals surface area contributed by atoms with Crippen molar-refractivity contribution >= 4 is 0 Å². The molecule has 0 amide bonds. The lowest BCUT2D eigenvalue weighted by Gasteiger charge is -2.20. The van der Waals surface area contributed by atoms with E-state index in [2.05, 4.69) is 30.6 Å². The minimum atomic E-state index is 0.474. The fourth-order valence-corrected chi connectivity index (χ4v) is 4.33. The molecule has 1 heterocycles. The summed E-state index contributed by atoms with van der Waals surface area (Å²) in [5.41, 5.74) is 1.36. The maximum atomic E-state index is 5.83. The van der Waals surface area contributed by atoms with Gasteiger partial charge in [0.15, 0.2) is 11.5 Å². The molecule has 0 bridgehead atoms. The van der Waals surface area contributed by atoms with Crippen molar-refractivity contribution in [3.8, 4) is 11.5 Å². The highest BCUT2D eigenvalue weighted by atomic mass is 16.5. The van der Waals surface area contributed by atoms with Crippen LogP contribution in [0.3, 0.4) is 0 Å². The third-order valence-electron chi connectivity index (χ3n) is 5.30. The number of benzene rings is 1. The Morgan fingerprint density at radius 2 is 1.80 bits per heavy atom. The molecule has 1 aromatic rings. The average molecular weight is 273 g/mol. The third-order valence-corrected chi connectivity index (χ3v) is 5.30. The Hall–Kier alpha value is -1.22. The van der Waals surface area contributed by atoms with Crippen molar-refractivity contribution in [3.05, 3.63) is 23.8 Å². The van der Waals surface area contributed by atoms with E-state index < -0.39 is 0 Å². The molecule has 2 fully saturated rings. The molecule has 2 aliphatic carbocycles. The minimum absolute atomic E-state index is 0.474. The first-order valence-corrected chi connectivity index (χ1v) is 7.95. The summed E-state index contributed by atoms with van der Waals surface area (Å²) in [5, 5.41) is 3.53. The number of ether oxygens (including phenoxy) is 2. The Balaban J connectivity index is 1.59. The lowest BCUT2D eigenvalue weighted by molar-refractivity contribution is 0.297. The van der Waals surface area contributed by atoms with Gasteiger partial charge in [-0.05, 0) is 55.3 Å². The van der Waals surface area contributed by atoms with Crippen molar-refractivity contribution in [2.24, 2.45) is 17.8 Å². The van der Waals surface area contributed by atoms with Gasteiger partial charge < -0.3 is 14.8 Å². The molecule has 108 valence electrons. The molecule has 0 radical (unpaired) electrons. The van der Waals surface area contributed by atoms with Gasteiger partial charge in [-0.25, -0.2) is 0 Å². The molecule has 3 nitrogen and oxygen atoms in total. The highest BCUT2D eigenvalue weighted by Gasteiger charge is 2.55. The van der Waals surface area contributed by atoms with E-state index in [9.17, 15) is 0 Å². The van der Waals surface area contributed by atoms with Crippen molar-refractivity contribution in [2.45, 2.75) is 31.7 Å². The summed E-state index contributed by atoms with van der Waals surface area (Å²) in [6, 6.07) is 6.96. The summed E-state index contributed by atoms with van der Waals surface area (Å²) in [5.74, 6) is 4.58. The van der Waals surface area contributed by atoms with E-state index in [0.29, 0.717) is 6.04 Å². The van der Waals surface area contributed by atoms with E-state index in [1.165, 1.54) is 24.8 Å². The average Bonchev–Trinajstić information content (AvgIpc) is 3.02. The highest BCUT2D eigenvalue weighted by Crippen LogP contribution is 2.62. The molecule has 1 aromatic carbocycles. The summed E-state index contributed by atoms with van der Waals surface area (Å²) in [6.45, 7) is 1.52. The Bertz CT molecular complexity index is 492. The molecule has 4 rings (SSSR count). The molecule has 0 saturated heterocycles. The van der Waals surface area contributed by atoms with Crippen LogP contribution in [0.1, 0.15) is 37.3 Å². The molecule has 3 atom stereocenters. The summed E-state index contributed by atoms with van der Waals surface area (Å²) in [7, 11) is 2.09. The first kappa shape index (κ1) is 12.5. The van der Waals surface area contributed by atoms with Gasteiger partial charge in [0.05, 0.1) is 13.2 Å². The van der Waals surface area contributed by atoms with Crippen LogP contribution in [0, 0.1) is 17.8 Å². The molecular formula is C17H23NO2. The lowest BCUT2D eigenvalue weighted by atomic mass is 9.96. The maximum Gasteiger partial charge on any atom is 0.161 e. The van der Waals surface area contributed by atoms with Gasteiger partial charge in [0.25, 0.3) is 0 Å². The van der Waals surface area contributed by atoms with E-state index in [1.54, 1.807) is 0 Å². The van der Waals surface area contributed by atoms with E-state index >= 15 is 0 Å². The smallest absolute Gasteiger partial charge is 0.161 e. The Kier molecular flexibility index (Phi) is 3.10. The molecule has 3 heteroatoms. The SMILES string of the molecule is CNC(c1ccc2c(c1)OCCCO2)C1C2CCCC21. The molecular weight excluding hydrogens is 250 g/mol. The zero-order chi connectivity index (χ0) is 13.5. The van der Waals surface area contributed by atoms with Crippen molar-refractivity contribution in [3.63, 3.8) is 0 Å². The van der Waals surface area contributed by atoms with E-state index in [-0.39, 0.29) is 0 Å². The zero-order valence-electron chi connectivity index (χ0n) is 12.1. The van der Waals surface area contributed by atoms with Crippen LogP contribution in [0.15, 0.2) is 18.2 Å². The van der Waals surface area contributed by atoms with Gasteiger partial charge in [-0.1, -0.05) is 12.5 Å². The summed E-state index contributed by atoms with van der Waals surface area (Å²) < 4.78 is 11.5. The zero-order valence-corrected chi connectivity index (χ0v) is 12.1. The fourth-order valence-electron chi connectivity index (χ4n) is 4.33. The first-order chi connectivity index (χ1) is 9.88. The van der Waals surface area contributed by atoms with Crippen LogP contribution < -0.4 is 14.8 Å². The lowest BCUT2D eigenvalue weighted by Crippen LogP contribution is -2.20. The number of hydrogen-bond donors (Lipinski definition) is 1. The van der Waals surface area contributed by atoms with Crippen molar-refractivity contribution < 1.29 is 9.47 Å². The van der Waals surface area contributed by atoms with E-state index in [0.717, 1.165) is 48.9 Å². The minimum Gasteiger partial charge on any atom is -0.490 e. The molecule has 0 aromatic heterocycles. The van der Waals surface area contributed by atoms with Gasteiger partial charge in [-0.15, -0.1) is 0 Å². The topological polar surface area (TPSA) is 30.5 Å². The predicted octanol–water partition coefficient (Wildman–Crippen LogP) is 3.15. The van der Waals surface area contributed by atoms with Crippen LogP contribution in [0.2, 0.25) is 0 Å². The van der Waals surface area contributed by atoms with Crippen molar-refractivity contribution in [1.82, 2.24) is 5.32 Å². The third kappa shape index (κ3) is 1.99. The first-order valence-electron chi connectivity index (χ1n) is 7.95. The maximum absolute atomic E-state index is 5.83. The molecule has 1 N–H and O–H groups in total. The molecule has 3 aliphatic rings. The highest BCUT2D eigenvalue weighted by molar-refractivity contribution is 5.44. The fraction of sp³-hybridized carbons (Fsp3) is 0.647. The largest absolute Gasteiger partial charge is 0.490 e. The second kappa shape index (κ2) is 4.96. The standard InChI is InChI=1S/C17H23NO2/c1-18-17(16-12-4-2-5-13(12)16)11-6-7-14-15(10-11)20-9-3-8-19-14/h6-7,10,12-13,16-18H,2-5,8-9H2,1H3. The second-order valence-corrected chi connectivity index (χ2v) is 6.36. The number of hydrogen-bond acceptors (Lipinski definition) is 3. The predicted molar refractivity (Wildman–Crippen MR) is 78.2 cm³/mol. The van der Waals surface area contributed by atoms with Gasteiger partial charge in [0.2, 0.25) is 0 Å². The van der Waals surface area contributed by atoms with Crippen LogP contribution >= 0.6 is 0 Å². The molecule has 2 saturated carbocycles. The van der Waals surface area contributed by atoms with Gasteiger partial charge in [-0.3, -0.25) is 0 Å². The summed E-state index contributed by atoms with van der Waals surface area (Å²) in [6.07, 6.45) is 5.26. The Morgan fingerprint density at radius 1 is 1.05 bits per heavy atom. The van der Waals surface area contributed by atoms with Gasteiger partial charge in [-0.2, -0.15) is 0 Å². The number of fused-ring (bicyclic) bond motifs is 2. The van der Waals surface area contributed by atoms with Crippen LogP contribution in [0.5, 0.6) is 11.5 Å². The second-order valence-electron chi connectivity index (χ2n) is 6.36. The molecule has 0 spiro atoms. The molecule has 1 aliphatic heterocycles. The van der Waals surface area contributed by atoms with Gasteiger partial charge in [0, 0.05) is 12.5 Å². The Labute approximate surface area is 120 Å². The van der Waals surface area contributed by atoms with Crippen LogP contribution in [-0.4, -0.2) is 20.3 Å². The van der Waals surface area contributed by atoms with Crippen LogP contribution in [0.25, 0.3) is 0 Å². The monoisotopic (exact) mass is 273 g/mol. The summed E-state index contributed by atoms with van der Waals surface area (Å²) >= 11 is 0. The van der Waals surface area contributed by atoms with Crippen LogP contribution in [0.4, 0.5) is 0 Å². The van der Waals surface area contributed by atoms with Crippen molar-refractivity contribution in [1.29, 1.82) is 0 Å². The van der Waals surface area contributed by atoms with Gasteiger partial charge >= 0.3 is 0 Å². The number of rotatable bonds is 3. The summed E-state index contributed by atoms with van der Waals surface area (Å²) in [4.78, 5) is 0. The molecule has 3 unspecified atom stereocenters. The van der Waals surface area contributed by atoms with Crippen LogP contribution in [-0.2, 0) is 0 Å². The van der Waals surface area contributed by atoms with E-state index in [1.807, 2.05) is 0 Å². The van der Waals surface area contributed by atoms with E-state index in [4.69, 9.17) is 9.47 Å². The van der Waals surface area contributed by atoms with Crippen molar-refractivity contribution in [2.75, 3.05) is 20.3 Å². The number of nitrogens with one attached hydrogen (secondary N) is 1. The Morgan fingerprint density at radius 3 is 2.55 bits per heavy atom. The normalized spacial score (nSPS) is 32.4. The quantitative estimate of drug-likeness (QED) is 0.917. The molecule has 20 heavy (non-hydrogen) atoms. The van der Waals surface area contributed by atoms with Gasteiger partial charge in [0.1, 0.15) is 0 Å².